The molecule has 1 heterocycles. The number of amides is 1. The van der Waals surface area contributed by atoms with Crippen LogP contribution in [0, 0.1) is 0 Å². The Hall–Kier alpha value is -2.06. The third-order valence-corrected chi connectivity index (χ3v) is 6.12. The van der Waals surface area contributed by atoms with Crippen molar-refractivity contribution in [1.29, 1.82) is 0 Å². The highest BCUT2D eigenvalue weighted by Gasteiger charge is 2.34. The Balaban J connectivity index is 1.69. The first-order chi connectivity index (χ1) is 13.5. The van der Waals surface area contributed by atoms with Crippen LogP contribution in [0.3, 0.4) is 0 Å². The normalized spacial score (nSPS) is 19.2. The summed E-state index contributed by atoms with van der Waals surface area (Å²) in [6.07, 6.45) is 6.78. The van der Waals surface area contributed by atoms with Crippen LogP contribution in [-0.4, -0.2) is 48.0 Å². The van der Waals surface area contributed by atoms with Gasteiger partial charge in [0.2, 0.25) is 0 Å². The summed E-state index contributed by atoms with van der Waals surface area (Å²) >= 11 is 6.47. The molecule has 8 heteroatoms. The van der Waals surface area contributed by atoms with E-state index in [0.29, 0.717) is 20.7 Å². The van der Waals surface area contributed by atoms with Crippen molar-refractivity contribution >= 4 is 46.3 Å². The molecule has 0 atom stereocenters. The summed E-state index contributed by atoms with van der Waals surface area (Å²) in [6, 6.07) is 5.34. The minimum absolute atomic E-state index is 0.0428. The molecule has 6 nitrogen and oxygen atoms in total. The summed E-state index contributed by atoms with van der Waals surface area (Å²) in [7, 11) is 3.13. The lowest BCUT2D eigenvalue weighted by molar-refractivity contribution is -0.152. The summed E-state index contributed by atoms with van der Waals surface area (Å²) < 4.78 is 16.4. The van der Waals surface area contributed by atoms with E-state index < -0.39 is 5.97 Å². The van der Waals surface area contributed by atoms with Crippen molar-refractivity contribution in [2.75, 3.05) is 20.8 Å². The SMILES string of the molecule is COc1ccc(C=C2SC(=S)N(CC(=O)OC3CCCCC3)C2=O)c(OC)c1. The van der Waals surface area contributed by atoms with Crippen molar-refractivity contribution in [2.24, 2.45) is 0 Å². The number of ether oxygens (including phenoxy) is 3. The van der Waals surface area contributed by atoms with Crippen LogP contribution in [0.1, 0.15) is 37.7 Å². The summed E-state index contributed by atoms with van der Waals surface area (Å²) in [5.41, 5.74) is 0.730. The first-order valence-corrected chi connectivity index (χ1v) is 10.4. The molecule has 1 aliphatic heterocycles. The van der Waals surface area contributed by atoms with Gasteiger partial charge in [0, 0.05) is 11.6 Å². The van der Waals surface area contributed by atoms with Crippen LogP contribution < -0.4 is 9.47 Å². The van der Waals surface area contributed by atoms with Gasteiger partial charge in [0.1, 0.15) is 28.5 Å². The molecule has 1 aliphatic carbocycles. The first-order valence-electron chi connectivity index (χ1n) is 9.18. The highest BCUT2D eigenvalue weighted by Crippen LogP contribution is 2.35. The molecule has 0 bridgehead atoms. The number of benzene rings is 1. The van der Waals surface area contributed by atoms with Gasteiger partial charge in [-0.15, -0.1) is 0 Å². The maximum Gasteiger partial charge on any atom is 0.326 e. The average Bonchev–Trinajstić information content (AvgIpc) is 2.96. The lowest BCUT2D eigenvalue weighted by atomic mass is 9.98. The van der Waals surface area contributed by atoms with Gasteiger partial charge in [0.05, 0.1) is 19.1 Å². The Labute approximate surface area is 174 Å². The van der Waals surface area contributed by atoms with E-state index in [-0.39, 0.29) is 18.6 Å². The van der Waals surface area contributed by atoms with E-state index in [9.17, 15) is 9.59 Å². The molecule has 0 aromatic heterocycles. The first kappa shape index (κ1) is 20.7. The maximum absolute atomic E-state index is 12.7. The maximum atomic E-state index is 12.7. The van der Waals surface area contributed by atoms with Gasteiger partial charge < -0.3 is 14.2 Å². The second-order valence-corrected chi connectivity index (χ2v) is 8.30. The Kier molecular flexibility index (Phi) is 6.96. The lowest BCUT2D eigenvalue weighted by Crippen LogP contribution is -2.36. The van der Waals surface area contributed by atoms with Crippen LogP contribution in [0.2, 0.25) is 0 Å². The van der Waals surface area contributed by atoms with Crippen molar-refractivity contribution in [2.45, 2.75) is 38.2 Å². The van der Waals surface area contributed by atoms with Gasteiger partial charge >= 0.3 is 5.97 Å². The number of methoxy groups -OCH3 is 2. The topological polar surface area (TPSA) is 65.1 Å². The Morgan fingerprint density at radius 2 is 2.00 bits per heavy atom. The lowest BCUT2D eigenvalue weighted by Gasteiger charge is -2.23. The molecule has 1 saturated carbocycles. The van der Waals surface area contributed by atoms with E-state index >= 15 is 0 Å². The third-order valence-electron chi connectivity index (χ3n) is 4.74. The average molecular weight is 422 g/mol. The third kappa shape index (κ3) is 4.86. The zero-order valence-electron chi connectivity index (χ0n) is 15.9. The van der Waals surface area contributed by atoms with Crippen LogP contribution in [0.25, 0.3) is 6.08 Å². The number of esters is 1. The van der Waals surface area contributed by atoms with E-state index in [0.717, 1.165) is 31.2 Å². The van der Waals surface area contributed by atoms with Gasteiger partial charge in [-0.1, -0.05) is 30.4 Å². The number of thioether (sulfide) groups is 1. The molecule has 1 amide bonds. The molecule has 0 N–H and O–H groups in total. The predicted molar refractivity (Wildman–Crippen MR) is 112 cm³/mol. The van der Waals surface area contributed by atoms with Crippen LogP contribution in [-0.2, 0) is 14.3 Å². The Morgan fingerprint density at radius 1 is 1.25 bits per heavy atom. The van der Waals surface area contributed by atoms with E-state index in [1.54, 1.807) is 32.4 Å². The van der Waals surface area contributed by atoms with Gasteiger partial charge in [-0.25, -0.2) is 0 Å². The largest absolute Gasteiger partial charge is 0.497 e. The zero-order valence-corrected chi connectivity index (χ0v) is 17.6. The predicted octanol–water partition coefficient (Wildman–Crippen LogP) is 3.78. The summed E-state index contributed by atoms with van der Waals surface area (Å²) in [5.74, 6) is 0.535. The smallest absolute Gasteiger partial charge is 0.326 e. The molecule has 28 heavy (non-hydrogen) atoms. The number of hydrogen-bond donors (Lipinski definition) is 0. The number of carbonyl (C=O) groups is 2. The fraction of sp³-hybridized carbons (Fsp3) is 0.450. The van der Waals surface area contributed by atoms with Crippen molar-refractivity contribution < 1.29 is 23.8 Å². The Bertz CT molecular complexity index is 802. The molecule has 0 radical (unpaired) electrons. The minimum atomic E-state index is -0.411. The summed E-state index contributed by atoms with van der Waals surface area (Å²) in [5, 5.41) is 0. The van der Waals surface area contributed by atoms with Crippen molar-refractivity contribution in [3.63, 3.8) is 0 Å². The molecule has 0 unspecified atom stereocenters. The van der Waals surface area contributed by atoms with Crippen molar-refractivity contribution in [3.8, 4) is 11.5 Å². The molecule has 2 fully saturated rings. The van der Waals surface area contributed by atoms with E-state index in [4.69, 9.17) is 26.4 Å². The van der Waals surface area contributed by atoms with Gasteiger partial charge in [-0.2, -0.15) is 0 Å². The van der Waals surface area contributed by atoms with Crippen molar-refractivity contribution in [3.05, 3.63) is 28.7 Å². The van der Waals surface area contributed by atoms with Crippen LogP contribution >= 0.6 is 24.0 Å². The molecule has 1 saturated heterocycles. The summed E-state index contributed by atoms with van der Waals surface area (Å²) in [6.45, 7) is -0.155. The van der Waals surface area contributed by atoms with Crippen LogP contribution in [0.15, 0.2) is 23.1 Å². The number of rotatable bonds is 6. The van der Waals surface area contributed by atoms with Gasteiger partial charge in [-0.3, -0.25) is 14.5 Å². The molecule has 0 spiro atoms. The van der Waals surface area contributed by atoms with Gasteiger partial charge in [0.25, 0.3) is 5.91 Å². The number of hydrogen-bond acceptors (Lipinski definition) is 7. The number of nitrogens with zero attached hydrogens (tertiary/aromatic N) is 1. The summed E-state index contributed by atoms with van der Waals surface area (Å²) in [4.78, 5) is 26.7. The number of carbonyl (C=O) groups excluding carboxylic acids is 2. The highest BCUT2D eigenvalue weighted by atomic mass is 32.2. The van der Waals surface area contributed by atoms with Gasteiger partial charge in [0.15, 0.2) is 0 Å². The molecule has 2 aliphatic rings. The van der Waals surface area contributed by atoms with Crippen LogP contribution in [0.5, 0.6) is 11.5 Å². The molecular formula is C20H23NO5S2. The monoisotopic (exact) mass is 421 g/mol. The molecule has 1 aromatic rings. The molecule has 1 aromatic carbocycles. The van der Waals surface area contributed by atoms with E-state index in [2.05, 4.69) is 0 Å². The molecule has 3 rings (SSSR count). The minimum Gasteiger partial charge on any atom is -0.497 e. The standard InChI is InChI=1S/C20H23NO5S2/c1-24-15-9-8-13(16(11-15)25-2)10-17-19(23)21(20(27)28-17)12-18(22)26-14-6-4-3-5-7-14/h8-11,14H,3-7,12H2,1-2H3. The number of thiocarbonyl (C=S) groups is 1. The highest BCUT2D eigenvalue weighted by molar-refractivity contribution is 8.26. The van der Waals surface area contributed by atoms with Gasteiger partial charge in [-0.05, 0) is 43.9 Å². The second kappa shape index (κ2) is 9.43. The fourth-order valence-corrected chi connectivity index (χ4v) is 4.50. The van der Waals surface area contributed by atoms with E-state index in [1.807, 2.05) is 6.07 Å². The van der Waals surface area contributed by atoms with E-state index in [1.165, 1.54) is 23.1 Å². The zero-order chi connectivity index (χ0) is 20.1. The van der Waals surface area contributed by atoms with Crippen molar-refractivity contribution in [1.82, 2.24) is 4.90 Å². The Morgan fingerprint density at radius 3 is 2.68 bits per heavy atom. The quantitative estimate of drug-likeness (QED) is 0.393. The van der Waals surface area contributed by atoms with Crippen LogP contribution in [0.4, 0.5) is 0 Å². The fourth-order valence-electron chi connectivity index (χ4n) is 3.25. The molecular weight excluding hydrogens is 398 g/mol. The second-order valence-electron chi connectivity index (χ2n) is 6.63. The molecule has 150 valence electrons.